The first-order valence-corrected chi connectivity index (χ1v) is 6.18. The van der Waals surface area contributed by atoms with Gasteiger partial charge in [-0.05, 0) is 44.0 Å². The van der Waals surface area contributed by atoms with Crippen LogP contribution in [0, 0.1) is 11.3 Å². The molecule has 0 unspecified atom stereocenters. The molecule has 0 radical (unpaired) electrons. The van der Waals surface area contributed by atoms with Gasteiger partial charge in [0.2, 0.25) is 0 Å². The third kappa shape index (κ3) is 2.52. The Bertz CT molecular complexity index is 475. The van der Waals surface area contributed by atoms with Crippen LogP contribution >= 0.6 is 0 Å². The molecule has 0 saturated carbocycles. The van der Waals surface area contributed by atoms with Crippen molar-refractivity contribution in [1.29, 1.82) is 5.26 Å². The molecule has 2 atom stereocenters. The first kappa shape index (κ1) is 12.6. The monoisotopic (exact) mass is 243 g/mol. The Balaban J connectivity index is 2.13. The maximum absolute atomic E-state index is 12.3. The molecule has 1 aromatic rings. The molecule has 4 nitrogen and oxygen atoms in total. The molecule has 4 heteroatoms. The SMILES string of the molecule is C[C@H]1C[C@@H](N)CCN1C(=O)c1ccc(C#N)cc1. The van der Waals surface area contributed by atoms with E-state index in [1.165, 1.54) is 0 Å². The van der Waals surface area contributed by atoms with Crippen LogP contribution in [0.2, 0.25) is 0 Å². The van der Waals surface area contributed by atoms with Crippen LogP contribution in [-0.2, 0) is 0 Å². The Kier molecular flexibility index (Phi) is 3.63. The number of hydrogen-bond donors (Lipinski definition) is 1. The second-order valence-electron chi connectivity index (χ2n) is 4.82. The van der Waals surface area contributed by atoms with E-state index < -0.39 is 0 Å². The molecule has 1 amide bonds. The van der Waals surface area contributed by atoms with Crippen LogP contribution in [0.15, 0.2) is 24.3 Å². The van der Waals surface area contributed by atoms with Gasteiger partial charge in [-0.1, -0.05) is 0 Å². The molecule has 0 aromatic heterocycles. The second kappa shape index (κ2) is 5.19. The summed E-state index contributed by atoms with van der Waals surface area (Å²) in [5, 5.41) is 8.73. The molecular weight excluding hydrogens is 226 g/mol. The van der Waals surface area contributed by atoms with Crippen molar-refractivity contribution in [1.82, 2.24) is 4.90 Å². The maximum Gasteiger partial charge on any atom is 0.254 e. The van der Waals surface area contributed by atoms with Crippen molar-refractivity contribution in [2.75, 3.05) is 6.54 Å². The van der Waals surface area contributed by atoms with Gasteiger partial charge in [0.1, 0.15) is 0 Å². The van der Waals surface area contributed by atoms with Gasteiger partial charge >= 0.3 is 0 Å². The Labute approximate surface area is 107 Å². The predicted molar refractivity (Wildman–Crippen MR) is 68.9 cm³/mol. The van der Waals surface area contributed by atoms with Crippen LogP contribution in [0.3, 0.4) is 0 Å². The Morgan fingerprint density at radius 1 is 1.44 bits per heavy atom. The van der Waals surface area contributed by atoms with Gasteiger partial charge in [-0.25, -0.2) is 0 Å². The molecular formula is C14H17N3O. The van der Waals surface area contributed by atoms with Gasteiger partial charge in [0.05, 0.1) is 11.6 Å². The third-order valence-corrected chi connectivity index (χ3v) is 3.44. The Hall–Kier alpha value is -1.86. The lowest BCUT2D eigenvalue weighted by molar-refractivity contribution is 0.0619. The Morgan fingerprint density at radius 2 is 2.11 bits per heavy atom. The zero-order valence-corrected chi connectivity index (χ0v) is 10.5. The molecule has 1 aliphatic rings. The summed E-state index contributed by atoms with van der Waals surface area (Å²) in [6.07, 6.45) is 1.70. The summed E-state index contributed by atoms with van der Waals surface area (Å²) in [6.45, 7) is 2.74. The Morgan fingerprint density at radius 3 is 2.67 bits per heavy atom. The zero-order chi connectivity index (χ0) is 13.1. The number of nitriles is 1. The molecule has 0 spiro atoms. The number of nitrogens with zero attached hydrogens (tertiary/aromatic N) is 2. The van der Waals surface area contributed by atoms with E-state index in [-0.39, 0.29) is 18.0 Å². The highest BCUT2D eigenvalue weighted by molar-refractivity contribution is 5.94. The minimum absolute atomic E-state index is 0.0267. The number of hydrogen-bond acceptors (Lipinski definition) is 3. The molecule has 1 aromatic carbocycles. The molecule has 0 aliphatic carbocycles. The summed E-state index contributed by atoms with van der Waals surface area (Å²) in [7, 11) is 0. The van der Waals surface area contributed by atoms with E-state index in [9.17, 15) is 4.79 Å². The van der Waals surface area contributed by atoms with E-state index in [1.807, 2.05) is 17.9 Å². The first-order chi connectivity index (χ1) is 8.61. The quantitative estimate of drug-likeness (QED) is 0.812. The average Bonchev–Trinajstić information content (AvgIpc) is 2.38. The molecule has 1 heterocycles. The molecule has 94 valence electrons. The number of amides is 1. The number of carbonyl (C=O) groups is 1. The highest BCUT2D eigenvalue weighted by Crippen LogP contribution is 2.19. The summed E-state index contributed by atoms with van der Waals surface area (Å²) in [5.74, 6) is 0.0267. The summed E-state index contributed by atoms with van der Waals surface area (Å²) in [6, 6.07) is 9.19. The molecule has 2 rings (SSSR count). The van der Waals surface area contributed by atoms with Gasteiger partial charge in [0, 0.05) is 24.2 Å². The maximum atomic E-state index is 12.3. The molecule has 0 bridgehead atoms. The van der Waals surface area contributed by atoms with Crippen molar-refractivity contribution in [2.45, 2.75) is 31.8 Å². The van der Waals surface area contributed by atoms with Crippen molar-refractivity contribution in [3.63, 3.8) is 0 Å². The van der Waals surface area contributed by atoms with Crippen LogP contribution < -0.4 is 5.73 Å². The number of carbonyl (C=O) groups excluding carboxylic acids is 1. The molecule has 1 aliphatic heterocycles. The van der Waals surface area contributed by atoms with E-state index in [4.69, 9.17) is 11.0 Å². The summed E-state index contributed by atoms with van der Waals surface area (Å²) >= 11 is 0. The van der Waals surface area contributed by atoms with Gasteiger partial charge in [0.15, 0.2) is 0 Å². The van der Waals surface area contributed by atoms with Gasteiger partial charge in [-0.3, -0.25) is 4.79 Å². The van der Waals surface area contributed by atoms with E-state index in [2.05, 4.69) is 0 Å². The predicted octanol–water partition coefficient (Wildman–Crippen LogP) is 1.51. The highest BCUT2D eigenvalue weighted by atomic mass is 16.2. The normalized spacial score (nSPS) is 23.5. The lowest BCUT2D eigenvalue weighted by Crippen LogP contribution is -2.48. The van der Waals surface area contributed by atoms with E-state index in [1.54, 1.807) is 24.3 Å². The number of nitrogens with two attached hydrogens (primary N) is 1. The number of likely N-dealkylation sites (tertiary alicyclic amines) is 1. The van der Waals surface area contributed by atoms with Crippen molar-refractivity contribution in [2.24, 2.45) is 5.73 Å². The fourth-order valence-electron chi connectivity index (χ4n) is 2.36. The highest BCUT2D eigenvalue weighted by Gasteiger charge is 2.27. The smallest absolute Gasteiger partial charge is 0.254 e. The lowest BCUT2D eigenvalue weighted by atomic mass is 9.98. The fourth-order valence-corrected chi connectivity index (χ4v) is 2.36. The van der Waals surface area contributed by atoms with Crippen molar-refractivity contribution >= 4 is 5.91 Å². The average molecular weight is 243 g/mol. The fraction of sp³-hybridized carbons (Fsp3) is 0.429. The summed E-state index contributed by atoms with van der Waals surface area (Å²) in [5.41, 5.74) is 7.10. The van der Waals surface area contributed by atoms with Gasteiger partial charge in [-0.2, -0.15) is 5.26 Å². The van der Waals surface area contributed by atoms with Crippen LogP contribution in [0.1, 0.15) is 35.7 Å². The van der Waals surface area contributed by atoms with E-state index in [0.29, 0.717) is 17.7 Å². The number of benzene rings is 1. The van der Waals surface area contributed by atoms with Crippen molar-refractivity contribution in [3.05, 3.63) is 35.4 Å². The molecule has 1 saturated heterocycles. The van der Waals surface area contributed by atoms with Crippen LogP contribution in [0.4, 0.5) is 0 Å². The molecule has 1 fully saturated rings. The van der Waals surface area contributed by atoms with Crippen molar-refractivity contribution < 1.29 is 4.79 Å². The van der Waals surface area contributed by atoms with Crippen LogP contribution in [0.25, 0.3) is 0 Å². The molecule has 18 heavy (non-hydrogen) atoms. The first-order valence-electron chi connectivity index (χ1n) is 6.18. The number of piperidine rings is 1. The van der Waals surface area contributed by atoms with Crippen LogP contribution in [0.5, 0.6) is 0 Å². The zero-order valence-electron chi connectivity index (χ0n) is 10.5. The second-order valence-corrected chi connectivity index (χ2v) is 4.82. The standard InChI is InChI=1S/C14H17N3O/c1-10-8-13(16)6-7-17(10)14(18)12-4-2-11(9-15)3-5-12/h2-5,10,13H,6-8,16H2,1H3/t10-,13-/m0/s1. The van der Waals surface area contributed by atoms with Gasteiger partial charge < -0.3 is 10.6 Å². The topological polar surface area (TPSA) is 70.1 Å². The van der Waals surface area contributed by atoms with Gasteiger partial charge in [0.25, 0.3) is 5.91 Å². The largest absolute Gasteiger partial charge is 0.336 e. The van der Waals surface area contributed by atoms with E-state index in [0.717, 1.165) is 12.8 Å². The van der Waals surface area contributed by atoms with Gasteiger partial charge in [-0.15, -0.1) is 0 Å². The third-order valence-electron chi connectivity index (χ3n) is 3.44. The summed E-state index contributed by atoms with van der Waals surface area (Å²) in [4.78, 5) is 14.2. The minimum atomic E-state index is 0.0267. The number of rotatable bonds is 1. The minimum Gasteiger partial charge on any atom is -0.336 e. The van der Waals surface area contributed by atoms with Crippen molar-refractivity contribution in [3.8, 4) is 6.07 Å². The van der Waals surface area contributed by atoms with Crippen LogP contribution in [-0.4, -0.2) is 29.4 Å². The lowest BCUT2D eigenvalue weighted by Gasteiger charge is -2.36. The van der Waals surface area contributed by atoms with E-state index >= 15 is 0 Å². The summed E-state index contributed by atoms with van der Waals surface area (Å²) < 4.78 is 0. The molecule has 2 N–H and O–H groups in total.